The van der Waals surface area contributed by atoms with Crippen molar-refractivity contribution in [1.82, 2.24) is 29.1 Å². The standard InChI is InChI=1S/C28H20ClFN4O4.C27H23ClFN3O2/c1-38-28(37)22-23-25(32-24(31-22)19-12-13-20(29)21(30)14-19)34(16-18-10-6-3-7-11-18)27(36)26(35)33(23)15-17-8-4-2-5-9-17;1-34-27(33)24-21(14-12-18-8-4-2-5-9-18)26(30-17-19-10-6-3-7-11-19)32-25(31-24)20-13-15-22(28)23(29)16-20/h2-14H,15-16H2,1H3;2-11,13,15-16H,12,14,17H2,1H3,(H,30,31,32). The highest BCUT2D eigenvalue weighted by Gasteiger charge is 2.26. The molecule has 0 amide bonds. The summed E-state index contributed by atoms with van der Waals surface area (Å²) in [7, 11) is 2.49. The molecule has 3 aromatic heterocycles. The zero-order valence-corrected chi connectivity index (χ0v) is 40.2. The summed E-state index contributed by atoms with van der Waals surface area (Å²) in [6.07, 6.45) is 1.20. The molecule has 0 spiro atoms. The zero-order valence-electron chi connectivity index (χ0n) is 38.7. The molecule has 0 atom stereocenters. The molecule has 0 saturated heterocycles. The predicted molar refractivity (Wildman–Crippen MR) is 272 cm³/mol. The fourth-order valence-electron chi connectivity index (χ4n) is 7.73. The highest BCUT2D eigenvalue weighted by Crippen LogP contribution is 2.29. The minimum absolute atomic E-state index is 0.00107. The molecule has 0 saturated carbocycles. The monoisotopic (exact) mass is 1010 g/mol. The SMILES string of the molecule is COC(=O)c1nc(-c2ccc(Cl)c(F)c2)nc(NCc2ccccc2)c1CCc1ccccc1.COC(=O)c1nc(-c2ccc(Cl)c(F)c2)nc2c1n(Cc1ccccc1)c(=O)c(=O)n2Cc1ccccc1. The van der Waals surface area contributed by atoms with Crippen LogP contribution in [0.15, 0.2) is 167 Å². The number of halogens is 4. The van der Waals surface area contributed by atoms with Crippen LogP contribution in [0.1, 0.15) is 48.8 Å². The maximum Gasteiger partial charge on any atom is 0.359 e. The first-order valence-electron chi connectivity index (χ1n) is 22.4. The third-order valence-electron chi connectivity index (χ3n) is 11.4. The lowest BCUT2D eigenvalue weighted by molar-refractivity contribution is 0.0585. The van der Waals surface area contributed by atoms with E-state index < -0.39 is 34.7 Å². The molecule has 6 aromatic carbocycles. The second-order valence-corrected chi connectivity index (χ2v) is 16.9. The van der Waals surface area contributed by atoms with Crippen LogP contribution < -0.4 is 16.4 Å². The van der Waals surface area contributed by atoms with Gasteiger partial charge < -0.3 is 14.8 Å². The van der Waals surface area contributed by atoms with Gasteiger partial charge in [0, 0.05) is 23.2 Å². The normalized spacial score (nSPS) is 10.9. The van der Waals surface area contributed by atoms with Gasteiger partial charge in [-0.1, -0.05) is 145 Å². The number of nitrogens with zero attached hydrogens (tertiary/aromatic N) is 6. The van der Waals surface area contributed by atoms with E-state index in [-0.39, 0.29) is 62.9 Å². The number of hydrogen-bond donors (Lipinski definition) is 1. The summed E-state index contributed by atoms with van der Waals surface area (Å²) < 4.78 is 40.8. The number of esters is 2. The van der Waals surface area contributed by atoms with Crippen molar-refractivity contribution in [3.63, 3.8) is 0 Å². The number of fused-ring (bicyclic) bond motifs is 1. The average molecular weight is 1010 g/mol. The van der Waals surface area contributed by atoms with E-state index in [1.54, 1.807) is 54.6 Å². The minimum Gasteiger partial charge on any atom is -0.464 e. The van der Waals surface area contributed by atoms with Crippen LogP contribution in [-0.4, -0.2) is 55.2 Å². The third-order valence-corrected chi connectivity index (χ3v) is 12.0. The van der Waals surface area contributed by atoms with Gasteiger partial charge in [-0.25, -0.2) is 38.3 Å². The number of aromatic nitrogens is 6. The largest absolute Gasteiger partial charge is 0.464 e. The fourth-order valence-corrected chi connectivity index (χ4v) is 7.97. The highest BCUT2D eigenvalue weighted by atomic mass is 35.5. The van der Waals surface area contributed by atoms with E-state index in [0.717, 1.165) is 28.3 Å². The molecular formula is C55H43Cl2F2N7O6. The number of carbonyl (C=O) groups is 2. The van der Waals surface area contributed by atoms with Gasteiger partial charge in [0.15, 0.2) is 28.7 Å². The van der Waals surface area contributed by atoms with E-state index in [2.05, 4.69) is 25.3 Å². The van der Waals surface area contributed by atoms with Gasteiger partial charge in [0.25, 0.3) is 0 Å². The molecule has 9 rings (SSSR count). The van der Waals surface area contributed by atoms with Crippen molar-refractivity contribution in [3.05, 3.63) is 239 Å². The second kappa shape index (κ2) is 23.0. The van der Waals surface area contributed by atoms with Crippen LogP contribution in [0.4, 0.5) is 14.6 Å². The molecule has 0 aliphatic heterocycles. The fraction of sp³-hybridized carbons (Fsp3) is 0.127. The van der Waals surface area contributed by atoms with Gasteiger partial charge in [-0.15, -0.1) is 0 Å². The first kappa shape index (κ1) is 50.0. The van der Waals surface area contributed by atoms with E-state index in [0.29, 0.717) is 36.3 Å². The smallest absolute Gasteiger partial charge is 0.359 e. The third kappa shape index (κ3) is 11.6. The number of benzene rings is 6. The van der Waals surface area contributed by atoms with Gasteiger partial charge in [0.2, 0.25) is 0 Å². The number of nitrogens with one attached hydrogen (secondary N) is 1. The number of rotatable bonds is 14. The van der Waals surface area contributed by atoms with Crippen LogP contribution in [0, 0.1) is 11.6 Å². The zero-order chi connectivity index (χ0) is 50.7. The number of methoxy groups -OCH3 is 2. The van der Waals surface area contributed by atoms with Crippen molar-refractivity contribution in [2.45, 2.75) is 32.5 Å². The summed E-state index contributed by atoms with van der Waals surface area (Å²) in [5.74, 6) is -2.06. The summed E-state index contributed by atoms with van der Waals surface area (Å²) in [6, 6.07) is 46.1. The minimum atomic E-state index is -0.851. The molecule has 17 heteroatoms. The van der Waals surface area contributed by atoms with E-state index in [1.807, 2.05) is 72.8 Å². The Balaban J connectivity index is 0.000000194. The van der Waals surface area contributed by atoms with Crippen molar-refractivity contribution in [3.8, 4) is 22.8 Å². The van der Waals surface area contributed by atoms with Crippen molar-refractivity contribution in [2.75, 3.05) is 19.5 Å². The molecular weight excluding hydrogens is 964 g/mol. The molecule has 72 heavy (non-hydrogen) atoms. The van der Waals surface area contributed by atoms with Gasteiger partial charge in [0.1, 0.15) is 23.0 Å². The summed E-state index contributed by atoms with van der Waals surface area (Å²) in [5.41, 5.74) is 3.17. The number of hydrogen-bond acceptors (Lipinski definition) is 11. The molecule has 362 valence electrons. The van der Waals surface area contributed by atoms with Gasteiger partial charge in [-0.2, -0.15) is 0 Å². The first-order chi connectivity index (χ1) is 34.9. The van der Waals surface area contributed by atoms with E-state index in [9.17, 15) is 28.0 Å². The van der Waals surface area contributed by atoms with Crippen LogP contribution in [0.3, 0.4) is 0 Å². The summed E-state index contributed by atoms with van der Waals surface area (Å²) in [6.45, 7) is 0.481. The van der Waals surface area contributed by atoms with E-state index >= 15 is 0 Å². The maximum absolute atomic E-state index is 14.3. The summed E-state index contributed by atoms with van der Waals surface area (Å²) in [5, 5.41) is 3.24. The molecule has 0 aliphatic rings. The summed E-state index contributed by atoms with van der Waals surface area (Å²) in [4.78, 5) is 70.7. The average Bonchev–Trinajstić information content (AvgIpc) is 3.41. The molecule has 0 aliphatic carbocycles. The molecule has 1 N–H and O–H groups in total. The van der Waals surface area contributed by atoms with E-state index in [1.165, 1.54) is 47.6 Å². The van der Waals surface area contributed by atoms with Gasteiger partial charge in [0.05, 0.1) is 37.4 Å². The Hall–Kier alpha value is -8.40. The van der Waals surface area contributed by atoms with Crippen LogP contribution in [0.5, 0.6) is 0 Å². The van der Waals surface area contributed by atoms with Crippen LogP contribution in [0.25, 0.3) is 33.9 Å². The van der Waals surface area contributed by atoms with Crippen LogP contribution >= 0.6 is 23.2 Å². The highest BCUT2D eigenvalue weighted by molar-refractivity contribution is 6.31. The quantitative estimate of drug-likeness (QED) is 0.0816. The number of ether oxygens (including phenoxy) is 2. The lowest BCUT2D eigenvalue weighted by Gasteiger charge is -2.17. The van der Waals surface area contributed by atoms with Crippen molar-refractivity contribution in [2.24, 2.45) is 0 Å². The number of anilines is 1. The topological polar surface area (TPSA) is 160 Å². The molecule has 9 aromatic rings. The molecule has 0 fully saturated rings. The lowest BCUT2D eigenvalue weighted by atomic mass is 10.0. The van der Waals surface area contributed by atoms with Crippen molar-refractivity contribution in [1.29, 1.82) is 0 Å². The van der Waals surface area contributed by atoms with Gasteiger partial charge in [-0.3, -0.25) is 18.7 Å². The van der Waals surface area contributed by atoms with Gasteiger partial charge >= 0.3 is 23.1 Å². The van der Waals surface area contributed by atoms with Gasteiger partial charge in [-0.05, 0) is 71.5 Å². The molecule has 0 unspecified atom stereocenters. The number of aryl methyl sites for hydroxylation is 1. The Kier molecular flexibility index (Phi) is 16.0. The molecule has 0 bridgehead atoms. The Morgan fingerprint density at radius 1 is 0.542 bits per heavy atom. The molecule has 0 radical (unpaired) electrons. The first-order valence-corrected chi connectivity index (χ1v) is 23.1. The lowest BCUT2D eigenvalue weighted by Crippen LogP contribution is -2.43. The Bertz CT molecular complexity index is 3530. The van der Waals surface area contributed by atoms with Crippen LogP contribution in [0.2, 0.25) is 10.0 Å². The van der Waals surface area contributed by atoms with Crippen LogP contribution in [-0.2, 0) is 41.9 Å². The number of carbonyl (C=O) groups excluding carboxylic acids is 2. The van der Waals surface area contributed by atoms with Crippen molar-refractivity contribution < 1.29 is 27.8 Å². The maximum atomic E-state index is 14.3. The Morgan fingerprint density at radius 2 is 0.986 bits per heavy atom. The van der Waals surface area contributed by atoms with E-state index in [4.69, 9.17) is 32.7 Å². The summed E-state index contributed by atoms with van der Waals surface area (Å²) >= 11 is 11.7. The Morgan fingerprint density at radius 3 is 1.50 bits per heavy atom. The van der Waals surface area contributed by atoms with Crippen molar-refractivity contribution >= 4 is 52.1 Å². The second-order valence-electron chi connectivity index (χ2n) is 16.1. The molecule has 13 nitrogen and oxygen atoms in total. The Labute approximate surface area is 421 Å². The predicted octanol–water partition coefficient (Wildman–Crippen LogP) is 10.4. The molecule has 3 heterocycles.